The standard InChI is InChI=1S/C24H35N5O4/c1-15(2)14-33-21(30)10-8-7-9-11-25-22-24-28-27-23(16(3)4)29(24)18-13-20(32-6)19(31-5)12-17(18)26-22/h12-13,15-16H,7-11,14H2,1-6H3,(H,25,26). The minimum Gasteiger partial charge on any atom is -0.493 e. The van der Waals surface area contributed by atoms with E-state index in [2.05, 4.69) is 29.4 Å². The maximum absolute atomic E-state index is 11.7. The Morgan fingerprint density at radius 1 is 1.03 bits per heavy atom. The molecule has 0 fully saturated rings. The van der Waals surface area contributed by atoms with E-state index in [-0.39, 0.29) is 11.9 Å². The molecule has 1 aromatic carbocycles. The number of esters is 1. The predicted molar refractivity (Wildman–Crippen MR) is 128 cm³/mol. The Balaban J connectivity index is 1.74. The van der Waals surface area contributed by atoms with E-state index in [9.17, 15) is 4.79 Å². The first kappa shape index (κ1) is 24.5. The lowest BCUT2D eigenvalue weighted by atomic mass is 10.2. The molecule has 0 saturated heterocycles. The van der Waals surface area contributed by atoms with Crippen molar-refractivity contribution in [2.24, 2.45) is 5.92 Å². The van der Waals surface area contributed by atoms with Gasteiger partial charge in [-0.15, -0.1) is 10.2 Å². The summed E-state index contributed by atoms with van der Waals surface area (Å²) in [5.41, 5.74) is 2.30. The van der Waals surface area contributed by atoms with Crippen LogP contribution >= 0.6 is 0 Å². The van der Waals surface area contributed by atoms with Gasteiger partial charge in [-0.05, 0) is 18.8 Å². The number of anilines is 1. The van der Waals surface area contributed by atoms with E-state index in [1.54, 1.807) is 14.2 Å². The summed E-state index contributed by atoms with van der Waals surface area (Å²) >= 11 is 0. The van der Waals surface area contributed by atoms with Gasteiger partial charge >= 0.3 is 5.97 Å². The van der Waals surface area contributed by atoms with Crippen molar-refractivity contribution >= 4 is 28.5 Å². The number of nitrogens with zero attached hydrogens (tertiary/aromatic N) is 4. The molecular formula is C24H35N5O4. The van der Waals surface area contributed by atoms with Crippen molar-refractivity contribution in [3.05, 3.63) is 18.0 Å². The number of aromatic nitrogens is 4. The molecule has 0 spiro atoms. The topological polar surface area (TPSA) is 99.9 Å². The summed E-state index contributed by atoms with van der Waals surface area (Å²) in [6, 6.07) is 3.78. The maximum atomic E-state index is 11.7. The van der Waals surface area contributed by atoms with Crippen LogP contribution in [0.5, 0.6) is 11.5 Å². The number of hydrogen-bond acceptors (Lipinski definition) is 8. The highest BCUT2D eigenvalue weighted by atomic mass is 16.5. The Morgan fingerprint density at radius 2 is 1.76 bits per heavy atom. The van der Waals surface area contributed by atoms with Crippen LogP contribution in [0.4, 0.5) is 5.82 Å². The molecule has 2 heterocycles. The zero-order valence-electron chi connectivity index (χ0n) is 20.5. The highest BCUT2D eigenvalue weighted by molar-refractivity contribution is 5.86. The number of carbonyl (C=O) groups excluding carboxylic acids is 1. The van der Waals surface area contributed by atoms with Crippen molar-refractivity contribution in [3.63, 3.8) is 0 Å². The molecule has 1 N–H and O–H groups in total. The third-order valence-corrected chi connectivity index (χ3v) is 5.30. The second kappa shape index (κ2) is 11.2. The molecule has 9 nitrogen and oxygen atoms in total. The highest BCUT2D eigenvalue weighted by Crippen LogP contribution is 2.34. The Kier molecular flexibility index (Phi) is 8.30. The van der Waals surface area contributed by atoms with E-state index in [1.165, 1.54) is 0 Å². The van der Waals surface area contributed by atoms with E-state index in [4.69, 9.17) is 19.2 Å². The molecule has 0 saturated carbocycles. The van der Waals surface area contributed by atoms with Gasteiger partial charge in [-0.1, -0.05) is 34.1 Å². The Bertz CT molecular complexity index is 1090. The third-order valence-electron chi connectivity index (χ3n) is 5.30. The molecule has 0 aliphatic rings. The van der Waals surface area contributed by atoms with E-state index in [1.807, 2.05) is 30.4 Å². The number of hydrogen-bond donors (Lipinski definition) is 1. The smallest absolute Gasteiger partial charge is 0.305 e. The summed E-state index contributed by atoms with van der Waals surface area (Å²) in [7, 11) is 3.22. The summed E-state index contributed by atoms with van der Waals surface area (Å²) in [6.45, 7) is 9.43. The van der Waals surface area contributed by atoms with Crippen molar-refractivity contribution in [1.82, 2.24) is 19.6 Å². The normalized spacial score (nSPS) is 11.5. The van der Waals surface area contributed by atoms with Crippen LogP contribution in [-0.2, 0) is 9.53 Å². The Hall–Kier alpha value is -3.10. The summed E-state index contributed by atoms with van der Waals surface area (Å²) in [4.78, 5) is 16.5. The second-order valence-corrected chi connectivity index (χ2v) is 8.84. The number of unbranched alkanes of at least 4 members (excludes halogenated alkanes) is 2. The SMILES string of the molecule is COc1cc2nc(NCCCCCC(=O)OCC(C)C)c3nnc(C(C)C)n3c2cc1OC. The maximum Gasteiger partial charge on any atom is 0.305 e. The highest BCUT2D eigenvalue weighted by Gasteiger charge is 2.19. The number of nitrogens with one attached hydrogen (secondary N) is 1. The fourth-order valence-electron chi connectivity index (χ4n) is 3.59. The average molecular weight is 458 g/mol. The first-order chi connectivity index (χ1) is 15.8. The molecule has 0 radical (unpaired) electrons. The van der Waals surface area contributed by atoms with Gasteiger partial charge in [0.1, 0.15) is 5.82 Å². The summed E-state index contributed by atoms with van der Waals surface area (Å²) in [6.07, 6.45) is 3.08. The number of carbonyl (C=O) groups is 1. The largest absolute Gasteiger partial charge is 0.493 e. The van der Waals surface area contributed by atoms with E-state index in [0.29, 0.717) is 48.5 Å². The fourth-order valence-corrected chi connectivity index (χ4v) is 3.59. The van der Waals surface area contributed by atoms with Crippen LogP contribution in [0.15, 0.2) is 12.1 Å². The Labute approximate surface area is 194 Å². The van der Waals surface area contributed by atoms with Gasteiger partial charge in [0.15, 0.2) is 17.3 Å². The van der Waals surface area contributed by atoms with Gasteiger partial charge in [0.25, 0.3) is 0 Å². The molecule has 0 aliphatic carbocycles. The molecule has 180 valence electrons. The lowest BCUT2D eigenvalue weighted by Crippen LogP contribution is -2.10. The van der Waals surface area contributed by atoms with Gasteiger partial charge < -0.3 is 19.5 Å². The van der Waals surface area contributed by atoms with Crippen LogP contribution in [0.1, 0.15) is 65.1 Å². The van der Waals surface area contributed by atoms with Crippen molar-refractivity contribution < 1.29 is 19.0 Å². The molecule has 0 unspecified atom stereocenters. The minimum absolute atomic E-state index is 0.122. The minimum atomic E-state index is -0.122. The molecule has 0 aliphatic heterocycles. The van der Waals surface area contributed by atoms with Gasteiger partial charge in [0, 0.05) is 31.0 Å². The molecule has 3 aromatic rings. The zero-order chi connectivity index (χ0) is 24.0. The quantitative estimate of drug-likeness (QED) is 0.311. The van der Waals surface area contributed by atoms with Crippen molar-refractivity contribution in [1.29, 1.82) is 0 Å². The first-order valence-corrected chi connectivity index (χ1v) is 11.6. The average Bonchev–Trinajstić information content (AvgIpc) is 3.25. The number of rotatable bonds is 12. The number of fused-ring (bicyclic) bond motifs is 3. The molecule has 0 amide bonds. The molecule has 9 heteroatoms. The van der Waals surface area contributed by atoms with Crippen molar-refractivity contribution in [3.8, 4) is 11.5 Å². The summed E-state index contributed by atoms with van der Waals surface area (Å²) in [5, 5.41) is 12.2. The van der Waals surface area contributed by atoms with Gasteiger partial charge in [-0.2, -0.15) is 0 Å². The van der Waals surface area contributed by atoms with Crippen LogP contribution in [0.2, 0.25) is 0 Å². The molecular weight excluding hydrogens is 422 g/mol. The lowest BCUT2D eigenvalue weighted by molar-refractivity contribution is -0.144. The molecule has 2 aromatic heterocycles. The van der Waals surface area contributed by atoms with Gasteiger partial charge in [-0.25, -0.2) is 4.98 Å². The predicted octanol–water partition coefficient (Wildman–Crippen LogP) is 4.59. The van der Waals surface area contributed by atoms with E-state index < -0.39 is 0 Å². The molecule has 0 atom stereocenters. The van der Waals surface area contributed by atoms with Crippen LogP contribution in [0.25, 0.3) is 16.7 Å². The monoisotopic (exact) mass is 457 g/mol. The summed E-state index contributed by atoms with van der Waals surface area (Å²) < 4.78 is 18.2. The molecule has 0 bridgehead atoms. The van der Waals surface area contributed by atoms with Gasteiger partial charge in [0.05, 0.1) is 31.9 Å². The number of methoxy groups -OCH3 is 2. The van der Waals surface area contributed by atoms with Crippen LogP contribution in [-0.4, -0.2) is 52.9 Å². The van der Waals surface area contributed by atoms with Gasteiger partial charge in [0.2, 0.25) is 5.65 Å². The number of ether oxygens (including phenoxy) is 3. The van der Waals surface area contributed by atoms with E-state index >= 15 is 0 Å². The fraction of sp³-hybridized carbons (Fsp3) is 0.583. The number of benzene rings is 1. The van der Waals surface area contributed by atoms with Crippen molar-refractivity contribution in [2.45, 2.75) is 59.3 Å². The Morgan fingerprint density at radius 3 is 2.42 bits per heavy atom. The zero-order valence-corrected chi connectivity index (χ0v) is 20.5. The van der Waals surface area contributed by atoms with Crippen LogP contribution in [0, 0.1) is 5.92 Å². The van der Waals surface area contributed by atoms with Crippen LogP contribution in [0.3, 0.4) is 0 Å². The molecule has 3 rings (SSSR count). The van der Waals surface area contributed by atoms with Gasteiger partial charge in [-0.3, -0.25) is 9.20 Å². The summed E-state index contributed by atoms with van der Waals surface area (Å²) in [5.74, 6) is 3.19. The lowest BCUT2D eigenvalue weighted by Gasteiger charge is -2.14. The molecule has 33 heavy (non-hydrogen) atoms. The second-order valence-electron chi connectivity index (χ2n) is 8.84. The first-order valence-electron chi connectivity index (χ1n) is 11.6. The van der Waals surface area contributed by atoms with Crippen LogP contribution < -0.4 is 14.8 Å². The third kappa shape index (κ3) is 5.83. The van der Waals surface area contributed by atoms with Crippen molar-refractivity contribution in [2.75, 3.05) is 32.7 Å². The van der Waals surface area contributed by atoms with E-state index in [0.717, 1.165) is 36.1 Å².